The lowest BCUT2D eigenvalue weighted by Gasteiger charge is -2.04. The molecule has 0 bridgehead atoms. The summed E-state index contributed by atoms with van der Waals surface area (Å²) < 4.78 is 10.5. The molecule has 1 amide bonds. The Labute approximate surface area is 145 Å². The largest absolute Gasteiger partial charge is 0.454 e. The molecule has 0 atom stereocenters. The number of aromatic nitrogens is 3. The monoisotopic (exact) mass is 360 g/mol. The second kappa shape index (κ2) is 6.06. The average molecular weight is 361 g/mol. The van der Waals surface area contributed by atoms with Gasteiger partial charge in [-0.25, -0.2) is 0 Å². The van der Waals surface area contributed by atoms with Crippen LogP contribution in [-0.2, 0) is 0 Å². The van der Waals surface area contributed by atoms with Gasteiger partial charge in [-0.1, -0.05) is 29.0 Å². The number of fused-ring (bicyclic) bond motifs is 1. The van der Waals surface area contributed by atoms with Gasteiger partial charge in [0.15, 0.2) is 16.5 Å². The van der Waals surface area contributed by atoms with Crippen LogP contribution in [0.2, 0.25) is 5.02 Å². The smallest absolute Gasteiger partial charge is 0.257 e. The molecule has 3 aromatic rings. The standard InChI is InChI=1S/C15H9ClN4O3S/c16-9-5-8(6-11-12(9)23-7-22-11)13(21)18-15-20-19-14(24-15)10-3-1-2-4-17-10/h1-6H,7H2,(H,18,20,21). The maximum atomic E-state index is 12.4. The van der Waals surface area contributed by atoms with Gasteiger partial charge in [-0.15, -0.1) is 10.2 Å². The quantitative estimate of drug-likeness (QED) is 0.771. The van der Waals surface area contributed by atoms with E-state index in [-0.39, 0.29) is 12.7 Å². The van der Waals surface area contributed by atoms with E-state index in [1.54, 1.807) is 12.3 Å². The number of hydrogen-bond acceptors (Lipinski definition) is 7. The SMILES string of the molecule is O=C(Nc1nnc(-c2ccccn2)s1)c1cc(Cl)c2c(c1)OCO2. The van der Waals surface area contributed by atoms with Crippen LogP contribution in [0.15, 0.2) is 36.5 Å². The van der Waals surface area contributed by atoms with Crippen LogP contribution in [0.1, 0.15) is 10.4 Å². The van der Waals surface area contributed by atoms with E-state index in [2.05, 4.69) is 20.5 Å². The number of anilines is 1. The molecule has 2 aromatic heterocycles. The molecule has 0 saturated carbocycles. The van der Waals surface area contributed by atoms with Crippen molar-refractivity contribution in [1.82, 2.24) is 15.2 Å². The van der Waals surface area contributed by atoms with E-state index in [9.17, 15) is 4.79 Å². The van der Waals surface area contributed by atoms with Crippen LogP contribution in [0.5, 0.6) is 11.5 Å². The fourth-order valence-corrected chi connectivity index (χ4v) is 3.11. The lowest BCUT2D eigenvalue weighted by molar-refractivity contribution is 0.102. The van der Waals surface area contributed by atoms with Gasteiger partial charge in [0.1, 0.15) is 5.69 Å². The first-order chi connectivity index (χ1) is 11.7. The zero-order valence-corrected chi connectivity index (χ0v) is 13.6. The van der Waals surface area contributed by atoms with Crippen LogP contribution in [0, 0.1) is 0 Å². The van der Waals surface area contributed by atoms with Crippen LogP contribution in [0.25, 0.3) is 10.7 Å². The Kier molecular flexibility index (Phi) is 3.75. The predicted octanol–water partition coefficient (Wildman–Crippen LogP) is 3.23. The minimum Gasteiger partial charge on any atom is -0.454 e. The number of ether oxygens (including phenoxy) is 2. The maximum Gasteiger partial charge on any atom is 0.257 e. The van der Waals surface area contributed by atoms with Gasteiger partial charge < -0.3 is 9.47 Å². The summed E-state index contributed by atoms with van der Waals surface area (Å²) in [7, 11) is 0. The molecule has 0 saturated heterocycles. The average Bonchev–Trinajstić information content (AvgIpc) is 3.25. The molecule has 4 rings (SSSR count). The molecule has 0 spiro atoms. The lowest BCUT2D eigenvalue weighted by atomic mass is 10.2. The van der Waals surface area contributed by atoms with Gasteiger partial charge in [0.25, 0.3) is 5.91 Å². The van der Waals surface area contributed by atoms with Crippen molar-refractivity contribution in [3.05, 3.63) is 47.1 Å². The molecule has 0 radical (unpaired) electrons. The molecule has 1 N–H and O–H groups in total. The van der Waals surface area contributed by atoms with Crippen molar-refractivity contribution in [2.24, 2.45) is 0 Å². The molecule has 3 heterocycles. The first kappa shape index (κ1) is 14.9. The summed E-state index contributed by atoms with van der Waals surface area (Å²) in [4.78, 5) is 16.6. The zero-order chi connectivity index (χ0) is 16.5. The summed E-state index contributed by atoms with van der Waals surface area (Å²) in [5, 5.41) is 12.0. The Morgan fingerprint density at radius 2 is 2.17 bits per heavy atom. The van der Waals surface area contributed by atoms with E-state index >= 15 is 0 Å². The Balaban J connectivity index is 1.55. The number of halogens is 1. The van der Waals surface area contributed by atoms with E-state index in [1.165, 1.54) is 17.4 Å². The van der Waals surface area contributed by atoms with Crippen LogP contribution in [0.4, 0.5) is 5.13 Å². The Bertz CT molecular complexity index is 916. The van der Waals surface area contributed by atoms with Crippen molar-refractivity contribution in [1.29, 1.82) is 0 Å². The van der Waals surface area contributed by atoms with Gasteiger partial charge >= 0.3 is 0 Å². The summed E-state index contributed by atoms with van der Waals surface area (Å²) in [5.41, 5.74) is 1.04. The topological polar surface area (TPSA) is 86.2 Å². The van der Waals surface area contributed by atoms with Crippen molar-refractivity contribution < 1.29 is 14.3 Å². The highest BCUT2D eigenvalue weighted by molar-refractivity contribution is 7.18. The van der Waals surface area contributed by atoms with Crippen molar-refractivity contribution in [3.8, 4) is 22.2 Å². The van der Waals surface area contributed by atoms with E-state index in [0.29, 0.717) is 37.9 Å². The number of nitrogens with one attached hydrogen (secondary N) is 1. The van der Waals surface area contributed by atoms with Gasteiger partial charge in [-0.05, 0) is 24.3 Å². The van der Waals surface area contributed by atoms with Gasteiger partial charge in [0, 0.05) is 11.8 Å². The van der Waals surface area contributed by atoms with Gasteiger partial charge in [-0.3, -0.25) is 15.1 Å². The highest BCUT2D eigenvalue weighted by atomic mass is 35.5. The van der Waals surface area contributed by atoms with Gasteiger partial charge in [0.2, 0.25) is 11.9 Å². The minimum atomic E-state index is -0.362. The fourth-order valence-electron chi connectivity index (χ4n) is 2.13. The molecular formula is C15H9ClN4O3S. The normalized spacial score (nSPS) is 12.2. The third kappa shape index (κ3) is 2.77. The third-order valence-electron chi connectivity index (χ3n) is 3.22. The Morgan fingerprint density at radius 1 is 1.25 bits per heavy atom. The van der Waals surface area contributed by atoms with Crippen LogP contribution < -0.4 is 14.8 Å². The molecule has 7 nitrogen and oxygen atoms in total. The minimum absolute atomic E-state index is 0.0873. The molecule has 0 aliphatic carbocycles. The summed E-state index contributed by atoms with van der Waals surface area (Å²) in [5.74, 6) is 0.527. The molecule has 1 aromatic carbocycles. The van der Waals surface area contributed by atoms with Gasteiger partial charge in [-0.2, -0.15) is 0 Å². The van der Waals surface area contributed by atoms with Crippen LogP contribution in [0.3, 0.4) is 0 Å². The fraction of sp³-hybridized carbons (Fsp3) is 0.0667. The number of rotatable bonds is 3. The number of benzene rings is 1. The second-order valence-electron chi connectivity index (χ2n) is 4.77. The van der Waals surface area contributed by atoms with E-state index in [1.807, 2.05) is 18.2 Å². The van der Waals surface area contributed by atoms with Crippen LogP contribution in [-0.4, -0.2) is 27.9 Å². The number of hydrogen-bond donors (Lipinski definition) is 1. The summed E-state index contributed by atoms with van der Waals surface area (Å²) in [6.07, 6.45) is 1.67. The summed E-state index contributed by atoms with van der Waals surface area (Å²) in [6.45, 7) is 0.0873. The first-order valence-electron chi connectivity index (χ1n) is 6.86. The predicted molar refractivity (Wildman–Crippen MR) is 88.7 cm³/mol. The number of carbonyl (C=O) groups excluding carboxylic acids is 1. The summed E-state index contributed by atoms with van der Waals surface area (Å²) >= 11 is 7.32. The maximum absolute atomic E-state index is 12.4. The van der Waals surface area contributed by atoms with Gasteiger partial charge in [0.05, 0.1) is 5.02 Å². The summed E-state index contributed by atoms with van der Waals surface area (Å²) in [6, 6.07) is 8.59. The van der Waals surface area contributed by atoms with Crippen molar-refractivity contribution in [3.63, 3.8) is 0 Å². The molecule has 0 fully saturated rings. The molecule has 0 unspecified atom stereocenters. The molecule has 120 valence electrons. The van der Waals surface area contributed by atoms with E-state index in [0.717, 1.165) is 0 Å². The third-order valence-corrected chi connectivity index (χ3v) is 4.36. The Morgan fingerprint density at radius 3 is 3.00 bits per heavy atom. The molecule has 1 aliphatic rings. The highest BCUT2D eigenvalue weighted by Gasteiger charge is 2.21. The second-order valence-corrected chi connectivity index (χ2v) is 6.16. The molecule has 24 heavy (non-hydrogen) atoms. The van der Waals surface area contributed by atoms with E-state index in [4.69, 9.17) is 21.1 Å². The van der Waals surface area contributed by atoms with Crippen molar-refractivity contribution in [2.45, 2.75) is 0 Å². The molecule has 9 heteroatoms. The number of nitrogens with zero attached hydrogens (tertiary/aromatic N) is 3. The zero-order valence-electron chi connectivity index (χ0n) is 12.0. The molecule has 1 aliphatic heterocycles. The van der Waals surface area contributed by atoms with Crippen molar-refractivity contribution in [2.75, 3.05) is 12.1 Å². The number of amides is 1. The van der Waals surface area contributed by atoms with Crippen molar-refractivity contribution >= 4 is 34.0 Å². The molecular weight excluding hydrogens is 352 g/mol. The first-order valence-corrected chi connectivity index (χ1v) is 8.05. The van der Waals surface area contributed by atoms with E-state index < -0.39 is 0 Å². The Hall–Kier alpha value is -2.71. The van der Waals surface area contributed by atoms with Crippen LogP contribution >= 0.6 is 22.9 Å². The lowest BCUT2D eigenvalue weighted by Crippen LogP contribution is -2.11. The number of carbonyl (C=O) groups is 1. The highest BCUT2D eigenvalue weighted by Crippen LogP contribution is 2.40. The number of pyridine rings is 1.